The zero-order chi connectivity index (χ0) is 15.8. The highest BCUT2D eigenvalue weighted by atomic mass is 32.2. The Hall–Kier alpha value is -1.37. The summed E-state index contributed by atoms with van der Waals surface area (Å²) in [5.74, 6) is 0. The molecular weight excluding hydrogens is 304 g/mol. The molecule has 0 aliphatic rings. The van der Waals surface area contributed by atoms with Gasteiger partial charge < -0.3 is 5.73 Å². The number of nitrogen functional groups attached to an aromatic ring is 1. The molecule has 0 spiro atoms. The molecule has 1 unspecified atom stereocenters. The van der Waals surface area contributed by atoms with Crippen molar-refractivity contribution in [2.45, 2.75) is 31.7 Å². The molecule has 4 nitrogen and oxygen atoms in total. The van der Waals surface area contributed by atoms with E-state index in [1.54, 1.807) is 24.5 Å². The molecule has 1 aromatic heterocycles. The predicted octanol–water partition coefficient (Wildman–Crippen LogP) is 3.33. The number of anilines is 1. The highest BCUT2D eigenvalue weighted by molar-refractivity contribution is 7.89. The van der Waals surface area contributed by atoms with Crippen LogP contribution in [0.5, 0.6) is 0 Å². The van der Waals surface area contributed by atoms with Gasteiger partial charge >= 0.3 is 0 Å². The fourth-order valence-electron chi connectivity index (χ4n) is 2.08. The molecule has 114 valence electrons. The van der Waals surface area contributed by atoms with Gasteiger partial charge in [-0.2, -0.15) is 4.31 Å². The third-order valence-electron chi connectivity index (χ3n) is 3.86. The fraction of sp³-hybridized carbons (Fsp3) is 0.333. The Labute approximate surface area is 130 Å². The summed E-state index contributed by atoms with van der Waals surface area (Å²) in [6, 6.07) is 6.87. The number of thiophene rings is 1. The van der Waals surface area contributed by atoms with Crippen molar-refractivity contribution in [1.82, 2.24) is 4.31 Å². The van der Waals surface area contributed by atoms with Crippen molar-refractivity contribution in [1.29, 1.82) is 0 Å². The molecular formula is C15H20N2O2S2. The van der Waals surface area contributed by atoms with Gasteiger partial charge in [-0.3, -0.25) is 0 Å². The molecule has 1 heterocycles. The quantitative estimate of drug-likeness (QED) is 0.877. The maximum absolute atomic E-state index is 12.8. The molecule has 2 aromatic rings. The van der Waals surface area contributed by atoms with Crippen LogP contribution in [0.25, 0.3) is 0 Å². The lowest BCUT2D eigenvalue weighted by Gasteiger charge is -2.24. The highest BCUT2D eigenvalue weighted by Crippen LogP contribution is 2.30. The van der Waals surface area contributed by atoms with Crippen LogP contribution in [0, 0.1) is 13.8 Å². The molecule has 0 saturated carbocycles. The number of nitrogens with two attached hydrogens (primary N) is 1. The normalized spacial score (nSPS) is 13.6. The fourth-order valence-corrected chi connectivity index (χ4v) is 4.44. The largest absolute Gasteiger partial charge is 0.398 e. The lowest BCUT2D eigenvalue weighted by Crippen LogP contribution is -2.29. The Morgan fingerprint density at radius 3 is 2.48 bits per heavy atom. The second kappa shape index (κ2) is 5.79. The summed E-state index contributed by atoms with van der Waals surface area (Å²) in [4.78, 5) is 1.26. The van der Waals surface area contributed by atoms with Gasteiger partial charge in [0.15, 0.2) is 0 Å². The number of hydrogen-bond acceptors (Lipinski definition) is 4. The minimum Gasteiger partial charge on any atom is -0.398 e. The van der Waals surface area contributed by atoms with Crippen LogP contribution in [-0.4, -0.2) is 19.8 Å². The molecule has 0 fully saturated rings. The highest BCUT2D eigenvalue weighted by Gasteiger charge is 2.27. The van der Waals surface area contributed by atoms with Crippen molar-refractivity contribution in [2.24, 2.45) is 0 Å². The third-order valence-corrected chi connectivity index (χ3v) is 6.81. The maximum atomic E-state index is 12.8. The summed E-state index contributed by atoms with van der Waals surface area (Å²) in [5, 5.41) is 1.94. The summed E-state index contributed by atoms with van der Waals surface area (Å²) >= 11 is 1.55. The van der Waals surface area contributed by atoms with Crippen LogP contribution in [-0.2, 0) is 10.0 Å². The minimum atomic E-state index is -3.57. The van der Waals surface area contributed by atoms with Crippen LogP contribution in [0.1, 0.15) is 29.0 Å². The molecule has 0 bridgehead atoms. The van der Waals surface area contributed by atoms with Crippen LogP contribution < -0.4 is 5.73 Å². The van der Waals surface area contributed by atoms with Gasteiger partial charge in [0.25, 0.3) is 0 Å². The van der Waals surface area contributed by atoms with Gasteiger partial charge in [0.1, 0.15) is 0 Å². The van der Waals surface area contributed by atoms with Crippen molar-refractivity contribution in [3.8, 4) is 0 Å². The number of nitrogens with zero attached hydrogens (tertiary/aromatic N) is 1. The van der Waals surface area contributed by atoms with Crippen LogP contribution in [0.2, 0.25) is 0 Å². The Morgan fingerprint density at radius 1 is 1.29 bits per heavy atom. The molecule has 0 radical (unpaired) electrons. The van der Waals surface area contributed by atoms with Crippen molar-refractivity contribution < 1.29 is 8.42 Å². The van der Waals surface area contributed by atoms with E-state index in [9.17, 15) is 8.42 Å². The number of hydrogen-bond donors (Lipinski definition) is 1. The van der Waals surface area contributed by atoms with E-state index in [2.05, 4.69) is 0 Å². The van der Waals surface area contributed by atoms with E-state index in [0.717, 1.165) is 16.0 Å². The molecule has 1 atom stereocenters. The van der Waals surface area contributed by atoms with Crippen LogP contribution in [0.3, 0.4) is 0 Å². The van der Waals surface area contributed by atoms with Crippen LogP contribution in [0.4, 0.5) is 5.69 Å². The van der Waals surface area contributed by atoms with E-state index in [-0.39, 0.29) is 10.9 Å². The third kappa shape index (κ3) is 2.97. The van der Waals surface area contributed by atoms with E-state index >= 15 is 0 Å². The number of sulfonamides is 1. The first-order valence-corrected chi connectivity index (χ1v) is 8.95. The molecule has 0 saturated heterocycles. The second-order valence-electron chi connectivity index (χ2n) is 5.17. The average molecular weight is 324 g/mol. The molecule has 0 amide bonds. The lowest BCUT2D eigenvalue weighted by atomic mass is 10.1. The lowest BCUT2D eigenvalue weighted by molar-refractivity contribution is 0.403. The van der Waals surface area contributed by atoms with Crippen molar-refractivity contribution in [3.05, 3.63) is 45.6 Å². The smallest absolute Gasteiger partial charge is 0.243 e. The van der Waals surface area contributed by atoms with E-state index in [1.165, 1.54) is 10.4 Å². The van der Waals surface area contributed by atoms with Crippen LogP contribution >= 0.6 is 11.3 Å². The Morgan fingerprint density at radius 2 is 1.95 bits per heavy atom. The molecule has 21 heavy (non-hydrogen) atoms. The van der Waals surface area contributed by atoms with Crippen molar-refractivity contribution in [2.75, 3.05) is 12.8 Å². The molecule has 0 aliphatic carbocycles. The summed E-state index contributed by atoms with van der Waals surface area (Å²) in [7, 11) is -1.96. The Balaban J connectivity index is 2.42. The zero-order valence-corrected chi connectivity index (χ0v) is 14.3. The Kier molecular flexibility index (Phi) is 4.41. The second-order valence-corrected chi connectivity index (χ2v) is 8.14. The number of benzene rings is 1. The summed E-state index contributed by atoms with van der Waals surface area (Å²) < 4.78 is 26.9. The van der Waals surface area contributed by atoms with Gasteiger partial charge in [0, 0.05) is 17.6 Å². The molecule has 6 heteroatoms. The van der Waals surface area contributed by atoms with Crippen molar-refractivity contribution >= 4 is 27.0 Å². The van der Waals surface area contributed by atoms with Gasteiger partial charge in [-0.05, 0) is 55.5 Å². The van der Waals surface area contributed by atoms with E-state index in [1.807, 2.05) is 38.3 Å². The Bertz CT molecular complexity index is 714. The molecule has 2 N–H and O–H groups in total. The maximum Gasteiger partial charge on any atom is 0.243 e. The average Bonchev–Trinajstić information content (AvgIpc) is 2.96. The topological polar surface area (TPSA) is 63.4 Å². The zero-order valence-electron chi connectivity index (χ0n) is 12.6. The number of aryl methyl sites for hydroxylation is 1. The number of rotatable bonds is 4. The standard InChI is InChI=1S/C15H20N2O2S2/c1-10-8-13(9-14(16)11(10)2)21(18,19)17(4)12(3)15-6-5-7-20-15/h5-9,12H,16H2,1-4H3. The van der Waals surface area contributed by atoms with E-state index < -0.39 is 10.0 Å². The first-order chi connectivity index (χ1) is 9.75. The van der Waals surface area contributed by atoms with Gasteiger partial charge in [-0.15, -0.1) is 11.3 Å². The molecule has 1 aromatic carbocycles. The summed E-state index contributed by atoms with van der Waals surface area (Å²) in [5.41, 5.74) is 8.21. The molecule has 0 aliphatic heterocycles. The minimum absolute atomic E-state index is 0.210. The van der Waals surface area contributed by atoms with E-state index in [4.69, 9.17) is 5.73 Å². The SMILES string of the molecule is Cc1cc(S(=O)(=O)N(C)C(C)c2cccs2)cc(N)c1C. The molecule has 2 rings (SSSR count). The predicted molar refractivity (Wildman–Crippen MR) is 88.0 cm³/mol. The summed E-state index contributed by atoms with van der Waals surface area (Å²) in [6.07, 6.45) is 0. The first-order valence-electron chi connectivity index (χ1n) is 6.63. The van der Waals surface area contributed by atoms with Gasteiger partial charge in [-0.25, -0.2) is 8.42 Å². The summed E-state index contributed by atoms with van der Waals surface area (Å²) in [6.45, 7) is 5.64. The van der Waals surface area contributed by atoms with E-state index in [0.29, 0.717) is 5.69 Å². The monoisotopic (exact) mass is 324 g/mol. The van der Waals surface area contributed by atoms with Gasteiger partial charge in [0.2, 0.25) is 10.0 Å². The van der Waals surface area contributed by atoms with Crippen molar-refractivity contribution in [3.63, 3.8) is 0 Å². The van der Waals surface area contributed by atoms with Gasteiger partial charge in [-0.1, -0.05) is 6.07 Å². The van der Waals surface area contributed by atoms with Gasteiger partial charge in [0.05, 0.1) is 10.9 Å². The van der Waals surface area contributed by atoms with Crippen LogP contribution in [0.15, 0.2) is 34.5 Å². The first kappa shape index (κ1) is 16.0.